The molecule has 1 aromatic carbocycles. The number of carbonyl (C=O) groups is 2. The molecule has 0 bridgehead atoms. The van der Waals surface area contributed by atoms with Crippen molar-refractivity contribution in [2.75, 3.05) is 0 Å². The maximum atomic E-state index is 12.4. The molecule has 1 heterocycles. The van der Waals surface area contributed by atoms with Gasteiger partial charge in [0.15, 0.2) is 0 Å². The molecule has 0 aliphatic carbocycles. The molecule has 1 amide bonds. The average Bonchev–Trinajstić information content (AvgIpc) is 2.89. The molecular formula is C19H22NO4-. The SMILES string of the molecule is Cc1oc(C(C)(C)C)cc1C(=O)N[C@H](Cc1ccccc1)C(=O)[O-]. The molecule has 0 saturated heterocycles. The summed E-state index contributed by atoms with van der Waals surface area (Å²) in [5.41, 5.74) is 0.923. The average molecular weight is 328 g/mol. The number of rotatable bonds is 5. The van der Waals surface area contributed by atoms with Crippen LogP contribution in [0.15, 0.2) is 40.8 Å². The normalized spacial score (nSPS) is 12.7. The summed E-state index contributed by atoms with van der Waals surface area (Å²) in [6, 6.07) is 9.66. The van der Waals surface area contributed by atoms with E-state index in [1.165, 1.54) is 0 Å². The maximum absolute atomic E-state index is 12.4. The van der Waals surface area contributed by atoms with Crippen molar-refractivity contribution in [2.45, 2.75) is 45.6 Å². The quantitative estimate of drug-likeness (QED) is 0.910. The first kappa shape index (κ1) is 17.8. The minimum absolute atomic E-state index is 0.165. The lowest BCUT2D eigenvalue weighted by Crippen LogP contribution is -2.49. The van der Waals surface area contributed by atoms with E-state index < -0.39 is 17.9 Å². The lowest BCUT2D eigenvalue weighted by molar-refractivity contribution is -0.308. The van der Waals surface area contributed by atoms with Gasteiger partial charge in [0.2, 0.25) is 0 Å². The molecule has 0 fully saturated rings. The number of carboxylic acid groups (broad SMARTS) is 1. The summed E-state index contributed by atoms with van der Waals surface area (Å²) in [5.74, 6) is -0.645. The predicted molar refractivity (Wildman–Crippen MR) is 88.6 cm³/mol. The third kappa shape index (κ3) is 4.25. The van der Waals surface area contributed by atoms with Crippen molar-refractivity contribution in [3.05, 3.63) is 59.0 Å². The number of hydrogen-bond donors (Lipinski definition) is 1. The third-order valence-corrected chi connectivity index (χ3v) is 3.77. The van der Waals surface area contributed by atoms with Crippen molar-refractivity contribution in [3.8, 4) is 0 Å². The van der Waals surface area contributed by atoms with E-state index in [4.69, 9.17) is 4.42 Å². The van der Waals surface area contributed by atoms with Crippen LogP contribution in [-0.4, -0.2) is 17.9 Å². The van der Waals surface area contributed by atoms with Crippen LogP contribution in [0.25, 0.3) is 0 Å². The fourth-order valence-corrected chi connectivity index (χ4v) is 2.36. The van der Waals surface area contributed by atoms with Gasteiger partial charge < -0.3 is 19.6 Å². The van der Waals surface area contributed by atoms with Crippen LogP contribution in [0, 0.1) is 6.92 Å². The zero-order valence-corrected chi connectivity index (χ0v) is 14.4. The molecule has 0 radical (unpaired) electrons. The van der Waals surface area contributed by atoms with Crippen LogP contribution in [0.5, 0.6) is 0 Å². The number of aliphatic carboxylic acids is 1. The summed E-state index contributed by atoms with van der Waals surface area (Å²) in [6.07, 6.45) is 0.165. The summed E-state index contributed by atoms with van der Waals surface area (Å²) in [4.78, 5) is 23.8. The highest BCUT2D eigenvalue weighted by molar-refractivity contribution is 5.97. The Labute approximate surface area is 141 Å². The van der Waals surface area contributed by atoms with Gasteiger partial charge in [0.25, 0.3) is 5.91 Å². The highest BCUT2D eigenvalue weighted by Crippen LogP contribution is 2.27. The Morgan fingerprint density at radius 1 is 1.21 bits per heavy atom. The number of hydrogen-bond acceptors (Lipinski definition) is 4. The van der Waals surface area contributed by atoms with Crippen LogP contribution >= 0.6 is 0 Å². The topological polar surface area (TPSA) is 82.4 Å². The highest BCUT2D eigenvalue weighted by atomic mass is 16.4. The summed E-state index contributed by atoms with van der Waals surface area (Å²) < 4.78 is 5.64. The minimum Gasteiger partial charge on any atom is -0.548 e. The van der Waals surface area contributed by atoms with Gasteiger partial charge in [0, 0.05) is 5.41 Å². The van der Waals surface area contributed by atoms with E-state index in [-0.39, 0.29) is 11.8 Å². The van der Waals surface area contributed by atoms with Gasteiger partial charge in [-0.15, -0.1) is 0 Å². The number of carboxylic acids is 1. The first-order valence-corrected chi connectivity index (χ1v) is 7.85. The Balaban J connectivity index is 2.17. The Bertz CT molecular complexity index is 726. The molecule has 5 heteroatoms. The molecule has 0 unspecified atom stereocenters. The zero-order chi connectivity index (χ0) is 17.9. The molecule has 0 saturated carbocycles. The fraction of sp³-hybridized carbons (Fsp3) is 0.368. The third-order valence-electron chi connectivity index (χ3n) is 3.77. The minimum atomic E-state index is -1.32. The first-order valence-electron chi connectivity index (χ1n) is 7.85. The van der Waals surface area contributed by atoms with E-state index in [0.717, 1.165) is 5.56 Å². The van der Waals surface area contributed by atoms with E-state index in [1.54, 1.807) is 13.0 Å². The molecule has 1 N–H and O–H groups in total. The molecule has 24 heavy (non-hydrogen) atoms. The Morgan fingerprint density at radius 2 is 1.83 bits per heavy atom. The van der Waals surface area contributed by atoms with Crippen LogP contribution in [-0.2, 0) is 16.6 Å². The number of benzene rings is 1. The number of aryl methyl sites for hydroxylation is 1. The van der Waals surface area contributed by atoms with E-state index in [1.807, 2.05) is 51.1 Å². The molecule has 1 aromatic heterocycles. The Morgan fingerprint density at radius 3 is 2.33 bits per heavy atom. The maximum Gasteiger partial charge on any atom is 0.255 e. The molecule has 128 valence electrons. The van der Waals surface area contributed by atoms with Crippen molar-refractivity contribution in [3.63, 3.8) is 0 Å². The lowest BCUT2D eigenvalue weighted by Gasteiger charge is -2.19. The highest BCUT2D eigenvalue weighted by Gasteiger charge is 2.24. The smallest absolute Gasteiger partial charge is 0.255 e. The van der Waals surface area contributed by atoms with Gasteiger partial charge >= 0.3 is 0 Å². The van der Waals surface area contributed by atoms with Gasteiger partial charge in [0.05, 0.1) is 17.6 Å². The molecular weight excluding hydrogens is 306 g/mol. The van der Waals surface area contributed by atoms with Crippen LogP contribution in [0.1, 0.15) is 48.2 Å². The number of furan rings is 1. The van der Waals surface area contributed by atoms with E-state index in [0.29, 0.717) is 17.1 Å². The largest absolute Gasteiger partial charge is 0.548 e. The Hall–Kier alpha value is -2.56. The van der Waals surface area contributed by atoms with E-state index >= 15 is 0 Å². The second-order valence-corrected chi connectivity index (χ2v) is 6.87. The van der Waals surface area contributed by atoms with Crippen molar-refractivity contribution in [2.24, 2.45) is 0 Å². The van der Waals surface area contributed by atoms with Gasteiger partial charge in [-0.1, -0.05) is 51.1 Å². The van der Waals surface area contributed by atoms with E-state index in [9.17, 15) is 14.7 Å². The fourth-order valence-electron chi connectivity index (χ4n) is 2.36. The summed E-state index contributed by atoms with van der Waals surface area (Å²) >= 11 is 0. The summed E-state index contributed by atoms with van der Waals surface area (Å²) in [5, 5.41) is 13.9. The second kappa shape index (κ2) is 6.91. The van der Waals surface area contributed by atoms with Crippen molar-refractivity contribution < 1.29 is 19.1 Å². The molecule has 1 atom stereocenters. The van der Waals surface area contributed by atoms with Gasteiger partial charge in [-0.3, -0.25) is 4.79 Å². The van der Waals surface area contributed by atoms with Crippen LogP contribution in [0.2, 0.25) is 0 Å². The zero-order valence-electron chi connectivity index (χ0n) is 14.4. The molecule has 5 nitrogen and oxygen atoms in total. The van der Waals surface area contributed by atoms with Crippen molar-refractivity contribution >= 4 is 11.9 Å². The molecule has 2 aromatic rings. The van der Waals surface area contributed by atoms with Gasteiger partial charge in [-0.2, -0.15) is 0 Å². The molecule has 0 spiro atoms. The van der Waals surface area contributed by atoms with Crippen LogP contribution in [0.4, 0.5) is 0 Å². The van der Waals surface area contributed by atoms with Crippen molar-refractivity contribution in [1.82, 2.24) is 5.32 Å². The van der Waals surface area contributed by atoms with Gasteiger partial charge in [-0.25, -0.2) is 0 Å². The van der Waals surface area contributed by atoms with E-state index in [2.05, 4.69) is 5.32 Å². The number of amides is 1. The summed E-state index contributed by atoms with van der Waals surface area (Å²) in [7, 11) is 0. The number of carbonyl (C=O) groups excluding carboxylic acids is 2. The monoisotopic (exact) mass is 328 g/mol. The van der Waals surface area contributed by atoms with Crippen molar-refractivity contribution in [1.29, 1.82) is 0 Å². The lowest BCUT2D eigenvalue weighted by atomic mass is 9.93. The Kier molecular flexibility index (Phi) is 5.12. The van der Waals surface area contributed by atoms with Crippen LogP contribution in [0.3, 0.4) is 0 Å². The number of nitrogens with one attached hydrogen (secondary N) is 1. The molecule has 0 aliphatic heterocycles. The van der Waals surface area contributed by atoms with Crippen LogP contribution < -0.4 is 10.4 Å². The molecule has 2 rings (SSSR count). The predicted octanol–water partition coefficient (Wildman–Crippen LogP) is 1.98. The first-order chi connectivity index (χ1) is 11.2. The molecule has 0 aliphatic rings. The second-order valence-electron chi connectivity index (χ2n) is 6.87. The standard InChI is InChI=1S/C19H23NO4/c1-12-14(11-16(24-12)19(2,3)4)17(21)20-15(18(22)23)10-13-8-6-5-7-9-13/h5-9,11,15H,10H2,1-4H3,(H,20,21)(H,22,23)/p-1/t15-/m1/s1. The summed E-state index contributed by atoms with van der Waals surface area (Å²) in [6.45, 7) is 7.63. The van der Waals surface area contributed by atoms with Gasteiger partial charge in [0.1, 0.15) is 11.5 Å². The van der Waals surface area contributed by atoms with Gasteiger partial charge in [-0.05, 0) is 25.0 Å².